The largest absolute Gasteiger partial charge is 0.308 e. The smallest absolute Gasteiger partial charge is 0.143 e. The van der Waals surface area contributed by atoms with Gasteiger partial charge < -0.3 is 5.43 Å². The minimum absolute atomic E-state index is 0.731. The number of thiophene rings is 1. The fraction of sp³-hybridized carbons (Fsp3) is 0.286. The molecule has 0 aliphatic heterocycles. The Hall–Kier alpha value is -0.870. The molecule has 3 nitrogen and oxygen atoms in total. The first-order chi connectivity index (χ1) is 5.27. The van der Waals surface area contributed by atoms with Crippen LogP contribution >= 0.6 is 11.3 Å². The summed E-state index contributed by atoms with van der Waals surface area (Å²) in [5.41, 5.74) is 3.59. The summed E-state index contributed by atoms with van der Waals surface area (Å²) in [6.07, 6.45) is 0. The van der Waals surface area contributed by atoms with Crippen LogP contribution in [0.2, 0.25) is 0 Å². The molecule has 1 rings (SSSR count). The van der Waals surface area contributed by atoms with Crippen molar-refractivity contribution in [3.05, 3.63) is 21.9 Å². The summed E-state index contributed by atoms with van der Waals surface area (Å²) in [5, 5.41) is 2.03. The van der Waals surface area contributed by atoms with Crippen LogP contribution in [0.5, 0.6) is 0 Å². The first kappa shape index (κ1) is 8.23. The third-order valence-electron chi connectivity index (χ3n) is 1.36. The van der Waals surface area contributed by atoms with Gasteiger partial charge in [-0.25, -0.2) is 5.84 Å². The fourth-order valence-corrected chi connectivity index (χ4v) is 1.53. The minimum atomic E-state index is 0.731. The average Bonchev–Trinajstić information content (AvgIpc) is 2.39. The van der Waals surface area contributed by atoms with Crippen LogP contribution in [0.3, 0.4) is 0 Å². The Bertz CT molecular complexity index is 264. The molecule has 0 spiro atoms. The maximum Gasteiger partial charge on any atom is 0.143 e. The Labute approximate surface area is 69.9 Å². The molecule has 0 saturated heterocycles. The number of aliphatic imine (C=N–C) groups is 1. The van der Waals surface area contributed by atoms with Gasteiger partial charge in [0.15, 0.2) is 0 Å². The first-order valence-corrected chi connectivity index (χ1v) is 4.15. The first-order valence-electron chi connectivity index (χ1n) is 3.27. The van der Waals surface area contributed by atoms with E-state index in [1.165, 1.54) is 4.88 Å². The molecule has 0 radical (unpaired) electrons. The molecule has 0 aromatic carbocycles. The molecule has 0 atom stereocenters. The molecule has 0 aliphatic rings. The van der Waals surface area contributed by atoms with Crippen LogP contribution < -0.4 is 11.3 Å². The normalized spacial score (nSPS) is 11.7. The number of nitrogens with two attached hydrogens (primary N) is 1. The number of rotatable bonds is 1. The van der Waals surface area contributed by atoms with Gasteiger partial charge in [-0.2, -0.15) is 0 Å². The standard InChI is InChI=1S/C7H11N3S/c1-5-3-6(4-11-5)7(9-2)10-8/h3-4H,8H2,1-2H3,(H,9,10). The Morgan fingerprint density at radius 3 is 2.82 bits per heavy atom. The van der Waals surface area contributed by atoms with Gasteiger partial charge >= 0.3 is 0 Å². The van der Waals surface area contributed by atoms with E-state index in [0.29, 0.717) is 0 Å². The Morgan fingerprint density at radius 1 is 1.73 bits per heavy atom. The summed E-state index contributed by atoms with van der Waals surface area (Å²) >= 11 is 1.69. The quantitative estimate of drug-likeness (QED) is 0.284. The summed E-state index contributed by atoms with van der Waals surface area (Å²) in [6, 6.07) is 2.05. The molecule has 0 aliphatic carbocycles. The molecular formula is C7H11N3S. The predicted molar refractivity (Wildman–Crippen MR) is 48.8 cm³/mol. The second-order valence-electron chi connectivity index (χ2n) is 2.16. The zero-order valence-corrected chi connectivity index (χ0v) is 7.40. The summed E-state index contributed by atoms with van der Waals surface area (Å²) < 4.78 is 0. The predicted octanol–water partition coefficient (Wildman–Crippen LogP) is 0.896. The SMILES string of the molecule is CN=C(NN)c1csc(C)c1. The van der Waals surface area contributed by atoms with Gasteiger partial charge in [-0.3, -0.25) is 4.99 Å². The van der Waals surface area contributed by atoms with Crippen molar-refractivity contribution < 1.29 is 0 Å². The lowest BCUT2D eigenvalue weighted by molar-refractivity contribution is 1.02. The second-order valence-corrected chi connectivity index (χ2v) is 3.28. The molecule has 0 saturated carbocycles. The number of amidine groups is 1. The van der Waals surface area contributed by atoms with Crippen molar-refractivity contribution in [2.75, 3.05) is 7.05 Å². The lowest BCUT2D eigenvalue weighted by Crippen LogP contribution is -2.30. The number of hydrogen-bond donors (Lipinski definition) is 2. The number of nitrogens with zero attached hydrogens (tertiary/aromatic N) is 1. The van der Waals surface area contributed by atoms with Gasteiger partial charge in [0.05, 0.1) is 0 Å². The van der Waals surface area contributed by atoms with Crippen LogP contribution in [0.1, 0.15) is 10.4 Å². The van der Waals surface area contributed by atoms with E-state index in [4.69, 9.17) is 5.84 Å². The number of hydrogen-bond acceptors (Lipinski definition) is 3. The van der Waals surface area contributed by atoms with Gasteiger partial charge in [0.1, 0.15) is 5.84 Å². The van der Waals surface area contributed by atoms with Crippen LogP contribution in [-0.2, 0) is 0 Å². The molecule has 3 N–H and O–H groups in total. The van der Waals surface area contributed by atoms with E-state index < -0.39 is 0 Å². The molecule has 0 unspecified atom stereocenters. The van der Waals surface area contributed by atoms with Crippen molar-refractivity contribution in [2.45, 2.75) is 6.92 Å². The van der Waals surface area contributed by atoms with Crippen molar-refractivity contribution in [1.82, 2.24) is 5.43 Å². The molecule has 1 heterocycles. The molecule has 1 aromatic heterocycles. The lowest BCUT2D eigenvalue weighted by atomic mass is 10.3. The number of aryl methyl sites for hydroxylation is 1. The maximum atomic E-state index is 5.25. The highest BCUT2D eigenvalue weighted by Gasteiger charge is 2.00. The maximum absolute atomic E-state index is 5.25. The van der Waals surface area contributed by atoms with Crippen LogP contribution in [0.15, 0.2) is 16.4 Å². The third-order valence-corrected chi connectivity index (χ3v) is 2.23. The molecule has 0 fully saturated rings. The molecule has 11 heavy (non-hydrogen) atoms. The van der Waals surface area contributed by atoms with Gasteiger partial charge in [0, 0.05) is 22.9 Å². The highest BCUT2D eigenvalue weighted by molar-refractivity contribution is 7.10. The van der Waals surface area contributed by atoms with E-state index in [-0.39, 0.29) is 0 Å². The highest BCUT2D eigenvalue weighted by Crippen LogP contribution is 2.12. The molecule has 0 amide bonds. The average molecular weight is 169 g/mol. The summed E-state index contributed by atoms with van der Waals surface area (Å²) in [7, 11) is 1.71. The zero-order valence-electron chi connectivity index (χ0n) is 6.59. The summed E-state index contributed by atoms with van der Waals surface area (Å²) in [5.74, 6) is 5.98. The number of hydrazine groups is 1. The molecule has 0 bridgehead atoms. The van der Waals surface area contributed by atoms with Crippen molar-refractivity contribution >= 4 is 17.2 Å². The summed E-state index contributed by atoms with van der Waals surface area (Å²) in [6.45, 7) is 2.05. The van der Waals surface area contributed by atoms with Gasteiger partial charge in [0.2, 0.25) is 0 Å². The minimum Gasteiger partial charge on any atom is -0.308 e. The van der Waals surface area contributed by atoms with E-state index in [9.17, 15) is 0 Å². The molecule has 1 aromatic rings. The van der Waals surface area contributed by atoms with Gasteiger partial charge in [-0.15, -0.1) is 11.3 Å². The topological polar surface area (TPSA) is 50.4 Å². The van der Waals surface area contributed by atoms with Gasteiger partial charge in [0.25, 0.3) is 0 Å². The Kier molecular flexibility index (Phi) is 2.62. The van der Waals surface area contributed by atoms with E-state index in [1.54, 1.807) is 18.4 Å². The van der Waals surface area contributed by atoms with Crippen molar-refractivity contribution in [2.24, 2.45) is 10.8 Å². The number of nitrogens with one attached hydrogen (secondary N) is 1. The zero-order chi connectivity index (χ0) is 8.27. The monoisotopic (exact) mass is 169 g/mol. The molecule has 4 heteroatoms. The Morgan fingerprint density at radius 2 is 2.45 bits per heavy atom. The second kappa shape index (κ2) is 3.50. The van der Waals surface area contributed by atoms with E-state index in [2.05, 4.69) is 17.3 Å². The van der Waals surface area contributed by atoms with E-state index >= 15 is 0 Å². The Balaban J connectivity index is 2.91. The van der Waals surface area contributed by atoms with E-state index in [0.717, 1.165) is 11.4 Å². The van der Waals surface area contributed by atoms with Crippen LogP contribution in [0.4, 0.5) is 0 Å². The molecule has 60 valence electrons. The van der Waals surface area contributed by atoms with Gasteiger partial charge in [-0.1, -0.05) is 0 Å². The highest BCUT2D eigenvalue weighted by atomic mass is 32.1. The van der Waals surface area contributed by atoms with Crippen molar-refractivity contribution in [1.29, 1.82) is 0 Å². The van der Waals surface area contributed by atoms with Crippen molar-refractivity contribution in [3.63, 3.8) is 0 Å². The van der Waals surface area contributed by atoms with Gasteiger partial charge in [-0.05, 0) is 13.0 Å². The van der Waals surface area contributed by atoms with E-state index in [1.807, 2.05) is 11.4 Å². The third kappa shape index (κ3) is 1.78. The van der Waals surface area contributed by atoms with Crippen LogP contribution in [-0.4, -0.2) is 12.9 Å². The fourth-order valence-electron chi connectivity index (χ4n) is 0.845. The summed E-state index contributed by atoms with van der Waals surface area (Å²) in [4.78, 5) is 5.24. The van der Waals surface area contributed by atoms with Crippen LogP contribution in [0, 0.1) is 6.92 Å². The van der Waals surface area contributed by atoms with Crippen LogP contribution in [0.25, 0.3) is 0 Å². The molecular weight excluding hydrogens is 158 g/mol. The lowest BCUT2D eigenvalue weighted by Gasteiger charge is -1.99. The van der Waals surface area contributed by atoms with Crippen molar-refractivity contribution in [3.8, 4) is 0 Å².